The maximum Gasteiger partial charge on any atom is 0.306 e. The highest BCUT2D eigenvalue weighted by molar-refractivity contribution is 5.69. The van der Waals surface area contributed by atoms with Crippen LogP contribution in [0.15, 0.2) is 28.8 Å². The van der Waals surface area contributed by atoms with Crippen molar-refractivity contribution in [3.8, 4) is 11.3 Å². The molecule has 0 radical (unpaired) electrons. The van der Waals surface area contributed by atoms with Crippen LogP contribution in [-0.2, 0) is 22.6 Å². The van der Waals surface area contributed by atoms with Crippen LogP contribution in [0.1, 0.15) is 37.0 Å². The lowest BCUT2D eigenvalue weighted by Crippen LogP contribution is -2.10. The number of rotatable bonds is 7. The van der Waals surface area contributed by atoms with Crippen LogP contribution in [-0.4, -0.2) is 31.2 Å². The number of oxazole rings is 1. The smallest absolute Gasteiger partial charge is 0.306 e. The highest BCUT2D eigenvalue weighted by atomic mass is 19.1. The largest absolute Gasteiger partial charge is 0.457 e. The molecule has 2 heterocycles. The maximum atomic E-state index is 13.8. The minimum Gasteiger partial charge on any atom is -0.457 e. The Morgan fingerprint density at radius 1 is 1.33 bits per heavy atom. The zero-order valence-corrected chi connectivity index (χ0v) is 14.1. The second-order valence-electron chi connectivity index (χ2n) is 6.17. The van der Waals surface area contributed by atoms with Gasteiger partial charge in [-0.3, -0.25) is 4.79 Å². The summed E-state index contributed by atoms with van der Waals surface area (Å²) in [6.07, 6.45) is 3.60. The van der Waals surface area contributed by atoms with E-state index in [1.807, 2.05) is 0 Å². The summed E-state index contributed by atoms with van der Waals surface area (Å²) in [6.45, 7) is -0.0000423. The first-order chi connectivity index (χ1) is 13.1. The molecule has 0 saturated heterocycles. The first-order valence-electron chi connectivity index (χ1n) is 8.42. The van der Waals surface area contributed by atoms with Crippen molar-refractivity contribution in [1.29, 1.82) is 0 Å². The summed E-state index contributed by atoms with van der Waals surface area (Å²) in [5, 5.41) is 11.3. The van der Waals surface area contributed by atoms with Crippen molar-refractivity contribution in [1.82, 2.24) is 25.2 Å². The third-order valence-electron chi connectivity index (χ3n) is 4.11. The Balaban J connectivity index is 1.30. The number of benzene rings is 1. The van der Waals surface area contributed by atoms with E-state index in [1.165, 1.54) is 12.3 Å². The van der Waals surface area contributed by atoms with Crippen molar-refractivity contribution in [2.24, 2.45) is 0 Å². The predicted molar refractivity (Wildman–Crippen MR) is 86.1 cm³/mol. The lowest BCUT2D eigenvalue weighted by Gasteiger charge is -2.04. The third-order valence-corrected chi connectivity index (χ3v) is 4.11. The number of nitrogens with zero attached hydrogens (tertiary/aromatic N) is 5. The van der Waals surface area contributed by atoms with Crippen LogP contribution in [0.2, 0.25) is 0 Å². The van der Waals surface area contributed by atoms with Gasteiger partial charge in [0.1, 0.15) is 11.6 Å². The number of tetrazole rings is 1. The van der Waals surface area contributed by atoms with Gasteiger partial charge in [-0.1, -0.05) is 0 Å². The van der Waals surface area contributed by atoms with Crippen molar-refractivity contribution in [3.05, 3.63) is 47.7 Å². The summed E-state index contributed by atoms with van der Waals surface area (Å²) in [6, 6.07) is 3.47. The van der Waals surface area contributed by atoms with Crippen molar-refractivity contribution in [2.75, 3.05) is 0 Å². The molecular weight excluding hydrogens is 360 g/mol. The highest BCUT2D eigenvalue weighted by Gasteiger charge is 2.28. The van der Waals surface area contributed by atoms with Crippen LogP contribution >= 0.6 is 0 Å². The van der Waals surface area contributed by atoms with Gasteiger partial charge in [0.25, 0.3) is 0 Å². The van der Waals surface area contributed by atoms with E-state index < -0.39 is 17.6 Å². The Morgan fingerprint density at radius 3 is 2.96 bits per heavy atom. The molecule has 0 aliphatic heterocycles. The number of aryl methyl sites for hydroxylation is 1. The summed E-state index contributed by atoms with van der Waals surface area (Å²) < 4.78 is 39.0. The van der Waals surface area contributed by atoms with E-state index in [9.17, 15) is 13.6 Å². The number of carbonyl (C=O) groups excluding carboxylic acids is 1. The molecule has 0 bridgehead atoms. The van der Waals surface area contributed by atoms with E-state index in [4.69, 9.17) is 9.15 Å². The molecule has 4 rings (SSSR count). The molecule has 1 aliphatic carbocycles. The lowest BCUT2D eigenvalue weighted by atomic mass is 10.2. The van der Waals surface area contributed by atoms with Gasteiger partial charge >= 0.3 is 5.97 Å². The fraction of sp³-hybridized carbons (Fsp3) is 0.353. The number of aromatic nitrogens is 5. The van der Waals surface area contributed by atoms with Gasteiger partial charge in [0.05, 0.1) is 24.2 Å². The van der Waals surface area contributed by atoms with Gasteiger partial charge in [0.2, 0.25) is 0 Å². The van der Waals surface area contributed by atoms with Gasteiger partial charge in [-0.05, 0) is 35.4 Å². The number of hydrogen-bond acceptors (Lipinski definition) is 7. The van der Waals surface area contributed by atoms with Gasteiger partial charge in [-0.2, -0.15) is 0 Å². The summed E-state index contributed by atoms with van der Waals surface area (Å²) in [4.78, 5) is 15.9. The van der Waals surface area contributed by atoms with Crippen molar-refractivity contribution in [3.63, 3.8) is 0 Å². The molecule has 2 aromatic heterocycles. The fourth-order valence-electron chi connectivity index (χ4n) is 2.58. The lowest BCUT2D eigenvalue weighted by molar-refractivity contribution is -0.145. The topological polar surface area (TPSA) is 95.9 Å². The van der Waals surface area contributed by atoms with Crippen LogP contribution < -0.4 is 0 Å². The molecule has 0 unspecified atom stereocenters. The van der Waals surface area contributed by atoms with Crippen LogP contribution in [0.4, 0.5) is 8.78 Å². The highest BCUT2D eigenvalue weighted by Crippen LogP contribution is 2.34. The summed E-state index contributed by atoms with van der Waals surface area (Å²) in [7, 11) is 0. The normalized spacial score (nSPS) is 13.7. The molecule has 1 fully saturated rings. The average molecular weight is 375 g/mol. The number of halogens is 2. The Morgan fingerprint density at radius 2 is 2.19 bits per heavy atom. The quantitative estimate of drug-likeness (QED) is 0.586. The zero-order valence-electron chi connectivity index (χ0n) is 14.1. The maximum absolute atomic E-state index is 13.8. The van der Waals surface area contributed by atoms with Crippen LogP contribution in [0.3, 0.4) is 0 Å². The summed E-state index contributed by atoms with van der Waals surface area (Å²) >= 11 is 0. The van der Waals surface area contributed by atoms with E-state index in [2.05, 4.69) is 20.5 Å². The second-order valence-corrected chi connectivity index (χ2v) is 6.17. The molecule has 0 atom stereocenters. The molecule has 1 aliphatic rings. The first-order valence-corrected chi connectivity index (χ1v) is 8.42. The number of esters is 1. The predicted octanol–water partition coefficient (Wildman–Crippen LogP) is 2.62. The molecule has 0 spiro atoms. The van der Waals surface area contributed by atoms with E-state index in [1.54, 1.807) is 4.68 Å². The molecule has 1 saturated carbocycles. The fourth-order valence-corrected chi connectivity index (χ4v) is 2.58. The van der Waals surface area contributed by atoms with Gasteiger partial charge < -0.3 is 9.15 Å². The Bertz CT molecular complexity index is 967. The molecule has 27 heavy (non-hydrogen) atoms. The number of ether oxygens (including phenoxy) is 1. The molecule has 8 nitrogen and oxygen atoms in total. The van der Waals surface area contributed by atoms with Crippen molar-refractivity contribution < 1.29 is 22.7 Å². The van der Waals surface area contributed by atoms with E-state index in [0.717, 1.165) is 25.0 Å². The molecular formula is C17H15F2N5O3. The van der Waals surface area contributed by atoms with Gasteiger partial charge in [-0.25, -0.2) is 18.4 Å². The number of hydrogen-bond donors (Lipinski definition) is 0. The second kappa shape index (κ2) is 7.22. The molecule has 1 aromatic carbocycles. The van der Waals surface area contributed by atoms with Gasteiger partial charge in [0, 0.05) is 12.5 Å². The molecule has 140 valence electrons. The average Bonchev–Trinajstić information content (AvgIpc) is 3.19. The Kier molecular flexibility index (Phi) is 4.61. The number of carbonyl (C=O) groups is 1. The standard InChI is InChI=1S/C17H15F2N5O3/c18-10-1-4-12(13(19)7-10)14-8-20-16(27-14)5-6-17(25)26-9-15-21-22-23-24(15)11-2-3-11/h1,4,7-8,11H,2-3,5-6,9H2. The van der Waals surface area contributed by atoms with Crippen LogP contribution in [0, 0.1) is 11.6 Å². The van der Waals surface area contributed by atoms with Crippen LogP contribution in [0.5, 0.6) is 0 Å². The van der Waals surface area contributed by atoms with Crippen molar-refractivity contribution in [2.45, 2.75) is 38.3 Å². The Labute approximate surface area is 152 Å². The van der Waals surface area contributed by atoms with E-state index in [0.29, 0.717) is 11.9 Å². The summed E-state index contributed by atoms with van der Waals surface area (Å²) in [5.41, 5.74) is 0.102. The van der Waals surface area contributed by atoms with Crippen LogP contribution in [0.25, 0.3) is 11.3 Å². The third kappa shape index (κ3) is 3.99. The molecule has 10 heteroatoms. The van der Waals surface area contributed by atoms with E-state index >= 15 is 0 Å². The minimum atomic E-state index is -0.745. The zero-order chi connectivity index (χ0) is 18.8. The van der Waals surface area contributed by atoms with E-state index in [-0.39, 0.29) is 36.7 Å². The van der Waals surface area contributed by atoms with Gasteiger partial charge in [-0.15, -0.1) is 5.10 Å². The first kappa shape index (κ1) is 17.3. The monoisotopic (exact) mass is 375 g/mol. The summed E-state index contributed by atoms with van der Waals surface area (Å²) in [5.74, 6) is -0.936. The van der Waals surface area contributed by atoms with Gasteiger partial charge in [0.15, 0.2) is 24.1 Å². The Hall–Kier alpha value is -3.17. The SMILES string of the molecule is O=C(CCc1ncc(-c2ccc(F)cc2F)o1)OCc1nnnn1C1CC1. The minimum absolute atomic E-state index is 0.0000423. The molecule has 0 N–H and O–H groups in total. The molecule has 0 amide bonds. The van der Waals surface area contributed by atoms with Crippen molar-refractivity contribution >= 4 is 5.97 Å². The molecule has 3 aromatic rings.